The molecule has 1 aromatic rings. The summed E-state index contributed by atoms with van der Waals surface area (Å²) in [7, 11) is 0. The highest BCUT2D eigenvalue weighted by Gasteiger charge is 2.28. The second kappa shape index (κ2) is 8.53. The maximum Gasteiger partial charge on any atom is 0.222 e. The van der Waals surface area contributed by atoms with E-state index in [-0.39, 0.29) is 18.0 Å². The number of nitrogens with two attached hydrogens (primary N) is 1. The number of carbonyl (C=O) groups is 1. The lowest BCUT2D eigenvalue weighted by Crippen LogP contribution is -2.51. The number of rotatable bonds is 6. The SMILES string of the molecule is CC(N)C1CCCCN1C(=O)CCCOc1ccccc1Br. The van der Waals surface area contributed by atoms with Gasteiger partial charge in [0, 0.05) is 25.0 Å². The van der Waals surface area contributed by atoms with Crippen LogP contribution in [0.4, 0.5) is 0 Å². The molecule has 1 aromatic carbocycles. The highest BCUT2D eigenvalue weighted by atomic mass is 79.9. The Morgan fingerprint density at radius 1 is 1.45 bits per heavy atom. The van der Waals surface area contributed by atoms with E-state index in [1.165, 1.54) is 6.42 Å². The standard InChI is InChI=1S/C17H25BrN2O2/c1-13(19)15-8-4-5-11-20(15)17(21)10-6-12-22-16-9-3-2-7-14(16)18/h2-3,7,9,13,15H,4-6,8,10-12,19H2,1H3. The van der Waals surface area contributed by atoms with E-state index in [4.69, 9.17) is 10.5 Å². The summed E-state index contributed by atoms with van der Waals surface area (Å²) in [6, 6.07) is 7.99. The number of carbonyl (C=O) groups excluding carboxylic acids is 1. The first-order chi connectivity index (χ1) is 10.6. The van der Waals surface area contributed by atoms with E-state index in [1.54, 1.807) is 0 Å². The maximum atomic E-state index is 12.4. The third-order valence-corrected chi connectivity index (χ3v) is 4.76. The molecule has 22 heavy (non-hydrogen) atoms. The third-order valence-electron chi connectivity index (χ3n) is 4.11. The second-order valence-corrected chi connectivity index (χ2v) is 6.75. The van der Waals surface area contributed by atoms with Gasteiger partial charge in [0.25, 0.3) is 0 Å². The number of benzene rings is 1. The molecule has 1 heterocycles. The molecule has 0 aliphatic carbocycles. The van der Waals surface area contributed by atoms with Crippen LogP contribution in [-0.2, 0) is 4.79 Å². The zero-order valence-electron chi connectivity index (χ0n) is 13.1. The summed E-state index contributed by atoms with van der Waals surface area (Å²) in [4.78, 5) is 14.4. The van der Waals surface area contributed by atoms with E-state index < -0.39 is 0 Å². The number of amides is 1. The molecule has 0 aromatic heterocycles. The van der Waals surface area contributed by atoms with Crippen LogP contribution in [0.15, 0.2) is 28.7 Å². The van der Waals surface area contributed by atoms with E-state index in [2.05, 4.69) is 15.9 Å². The molecule has 1 saturated heterocycles. The number of ether oxygens (including phenoxy) is 1. The fraction of sp³-hybridized carbons (Fsp3) is 0.588. The zero-order valence-corrected chi connectivity index (χ0v) is 14.7. The molecule has 0 saturated carbocycles. The predicted octanol–water partition coefficient (Wildman–Crippen LogP) is 3.34. The van der Waals surface area contributed by atoms with Crippen LogP contribution in [0.2, 0.25) is 0 Å². The van der Waals surface area contributed by atoms with Crippen molar-refractivity contribution in [1.82, 2.24) is 4.90 Å². The molecule has 0 radical (unpaired) electrons. The van der Waals surface area contributed by atoms with E-state index in [1.807, 2.05) is 36.1 Å². The second-order valence-electron chi connectivity index (χ2n) is 5.89. The molecule has 2 atom stereocenters. The van der Waals surface area contributed by atoms with Crippen LogP contribution in [0.1, 0.15) is 39.0 Å². The Bertz CT molecular complexity index is 493. The Balaban J connectivity index is 1.76. The summed E-state index contributed by atoms with van der Waals surface area (Å²) in [6.07, 6.45) is 4.52. The maximum absolute atomic E-state index is 12.4. The molecule has 1 aliphatic rings. The van der Waals surface area contributed by atoms with Gasteiger partial charge in [0.15, 0.2) is 0 Å². The van der Waals surface area contributed by atoms with Crippen LogP contribution in [0, 0.1) is 0 Å². The minimum Gasteiger partial charge on any atom is -0.492 e. The molecule has 2 N–H and O–H groups in total. The number of para-hydroxylation sites is 1. The molecule has 122 valence electrons. The Labute approximate surface area is 141 Å². The van der Waals surface area contributed by atoms with Gasteiger partial charge >= 0.3 is 0 Å². The van der Waals surface area contributed by atoms with E-state index in [9.17, 15) is 4.79 Å². The first-order valence-corrected chi connectivity index (χ1v) is 8.81. The van der Waals surface area contributed by atoms with Gasteiger partial charge in [-0.05, 0) is 60.7 Å². The van der Waals surface area contributed by atoms with Gasteiger partial charge in [0.2, 0.25) is 5.91 Å². The van der Waals surface area contributed by atoms with Gasteiger partial charge < -0.3 is 15.4 Å². The van der Waals surface area contributed by atoms with Gasteiger partial charge in [-0.1, -0.05) is 12.1 Å². The lowest BCUT2D eigenvalue weighted by molar-refractivity contribution is -0.135. The monoisotopic (exact) mass is 368 g/mol. The molecular weight excluding hydrogens is 344 g/mol. The Hall–Kier alpha value is -1.07. The van der Waals surface area contributed by atoms with Crippen LogP contribution in [0.25, 0.3) is 0 Å². The number of nitrogens with zero attached hydrogens (tertiary/aromatic N) is 1. The highest BCUT2D eigenvalue weighted by molar-refractivity contribution is 9.10. The van der Waals surface area contributed by atoms with Crippen molar-refractivity contribution in [2.75, 3.05) is 13.2 Å². The van der Waals surface area contributed by atoms with Gasteiger partial charge in [0.05, 0.1) is 11.1 Å². The normalized spacial score (nSPS) is 19.8. The smallest absolute Gasteiger partial charge is 0.222 e. The van der Waals surface area contributed by atoms with Crippen LogP contribution in [0.3, 0.4) is 0 Å². The molecule has 1 amide bonds. The number of halogens is 1. The Morgan fingerprint density at radius 2 is 2.23 bits per heavy atom. The predicted molar refractivity (Wildman–Crippen MR) is 91.9 cm³/mol. The molecule has 0 bridgehead atoms. The van der Waals surface area contributed by atoms with Crippen LogP contribution in [-0.4, -0.2) is 36.0 Å². The van der Waals surface area contributed by atoms with Crippen molar-refractivity contribution in [3.8, 4) is 5.75 Å². The van der Waals surface area contributed by atoms with E-state index in [0.29, 0.717) is 13.0 Å². The molecule has 0 spiro atoms. The summed E-state index contributed by atoms with van der Waals surface area (Å²) in [5.74, 6) is 1.03. The van der Waals surface area contributed by atoms with Gasteiger partial charge in [0.1, 0.15) is 5.75 Å². The molecule has 5 heteroatoms. The average Bonchev–Trinajstić information content (AvgIpc) is 2.52. The first kappa shape index (κ1) is 17.3. The summed E-state index contributed by atoms with van der Waals surface area (Å²) < 4.78 is 6.65. The quantitative estimate of drug-likeness (QED) is 0.783. The van der Waals surface area contributed by atoms with Crippen molar-refractivity contribution in [2.45, 2.75) is 51.1 Å². The fourth-order valence-corrected chi connectivity index (χ4v) is 3.32. The van der Waals surface area contributed by atoms with Gasteiger partial charge in [-0.25, -0.2) is 0 Å². The Morgan fingerprint density at radius 3 is 2.95 bits per heavy atom. The Kier molecular flexibility index (Phi) is 6.70. The zero-order chi connectivity index (χ0) is 15.9. The number of likely N-dealkylation sites (tertiary alicyclic amines) is 1. The first-order valence-electron chi connectivity index (χ1n) is 8.02. The number of hydrogen-bond donors (Lipinski definition) is 1. The minimum atomic E-state index is 0.0424. The number of piperidine rings is 1. The summed E-state index contributed by atoms with van der Waals surface area (Å²) in [6.45, 7) is 3.38. The molecule has 1 fully saturated rings. The molecular formula is C17H25BrN2O2. The van der Waals surface area contributed by atoms with Gasteiger partial charge in [-0.2, -0.15) is 0 Å². The van der Waals surface area contributed by atoms with Crippen molar-refractivity contribution < 1.29 is 9.53 Å². The lowest BCUT2D eigenvalue weighted by Gasteiger charge is -2.38. The molecule has 2 unspecified atom stereocenters. The fourth-order valence-electron chi connectivity index (χ4n) is 2.92. The molecule has 4 nitrogen and oxygen atoms in total. The summed E-state index contributed by atoms with van der Waals surface area (Å²) in [5, 5.41) is 0. The van der Waals surface area contributed by atoms with Gasteiger partial charge in [-0.3, -0.25) is 4.79 Å². The van der Waals surface area contributed by atoms with E-state index in [0.717, 1.165) is 36.0 Å². The largest absolute Gasteiger partial charge is 0.492 e. The average molecular weight is 369 g/mol. The van der Waals surface area contributed by atoms with E-state index >= 15 is 0 Å². The number of hydrogen-bond acceptors (Lipinski definition) is 3. The third kappa shape index (κ3) is 4.71. The topological polar surface area (TPSA) is 55.6 Å². The molecule has 2 rings (SSSR count). The van der Waals surface area contributed by atoms with Crippen molar-refractivity contribution in [2.24, 2.45) is 5.73 Å². The summed E-state index contributed by atoms with van der Waals surface area (Å²) >= 11 is 3.45. The van der Waals surface area contributed by atoms with Crippen LogP contribution < -0.4 is 10.5 Å². The van der Waals surface area contributed by atoms with Crippen LogP contribution >= 0.6 is 15.9 Å². The molecule has 1 aliphatic heterocycles. The summed E-state index contributed by atoms with van der Waals surface area (Å²) in [5.41, 5.74) is 6.02. The van der Waals surface area contributed by atoms with Gasteiger partial charge in [-0.15, -0.1) is 0 Å². The van der Waals surface area contributed by atoms with Crippen molar-refractivity contribution in [3.05, 3.63) is 28.7 Å². The van der Waals surface area contributed by atoms with Crippen molar-refractivity contribution >= 4 is 21.8 Å². The minimum absolute atomic E-state index is 0.0424. The van der Waals surface area contributed by atoms with Crippen molar-refractivity contribution in [1.29, 1.82) is 0 Å². The van der Waals surface area contributed by atoms with Crippen LogP contribution in [0.5, 0.6) is 5.75 Å². The van der Waals surface area contributed by atoms with Crippen molar-refractivity contribution in [3.63, 3.8) is 0 Å². The highest BCUT2D eigenvalue weighted by Crippen LogP contribution is 2.24. The lowest BCUT2D eigenvalue weighted by atomic mass is 9.96.